The van der Waals surface area contributed by atoms with Gasteiger partial charge in [0.15, 0.2) is 5.76 Å². The van der Waals surface area contributed by atoms with Crippen LogP contribution in [0.2, 0.25) is 0 Å². The Kier molecular flexibility index (Phi) is 3.68. The molecule has 0 N–H and O–H groups in total. The van der Waals surface area contributed by atoms with Gasteiger partial charge in [-0.2, -0.15) is 0 Å². The van der Waals surface area contributed by atoms with Crippen molar-refractivity contribution in [2.75, 3.05) is 13.1 Å². The average molecular weight is 382 g/mol. The second-order valence-corrected chi connectivity index (χ2v) is 7.98. The SMILES string of the molecule is Cc1nc(CN2C(=O)c3cccn3[C@H]3CN(C(=O)c4ccco4)C[C@H]32)cs1. The minimum absolute atomic E-state index is 0.0146. The Morgan fingerprint density at radius 2 is 2.15 bits per heavy atom. The van der Waals surface area contributed by atoms with Crippen LogP contribution in [0.25, 0.3) is 0 Å². The predicted molar refractivity (Wildman–Crippen MR) is 98.6 cm³/mol. The highest BCUT2D eigenvalue weighted by atomic mass is 32.1. The predicted octanol–water partition coefficient (Wildman–Crippen LogP) is 2.57. The quantitative estimate of drug-likeness (QED) is 0.698. The number of hydrogen-bond acceptors (Lipinski definition) is 5. The number of carbonyl (C=O) groups excluding carboxylic acids is 2. The van der Waals surface area contributed by atoms with Crippen LogP contribution >= 0.6 is 11.3 Å². The number of thiazole rings is 1. The molecule has 0 aliphatic carbocycles. The van der Waals surface area contributed by atoms with E-state index < -0.39 is 0 Å². The van der Waals surface area contributed by atoms with E-state index in [-0.39, 0.29) is 23.9 Å². The molecule has 2 atom stereocenters. The highest BCUT2D eigenvalue weighted by Gasteiger charge is 2.46. The molecule has 2 aliphatic rings. The van der Waals surface area contributed by atoms with E-state index in [1.807, 2.05) is 40.1 Å². The number of aromatic nitrogens is 2. The summed E-state index contributed by atoms with van der Waals surface area (Å²) in [6, 6.07) is 7.06. The van der Waals surface area contributed by atoms with E-state index in [4.69, 9.17) is 4.42 Å². The van der Waals surface area contributed by atoms with E-state index in [0.29, 0.717) is 31.1 Å². The number of fused-ring (bicyclic) bond motifs is 3. The summed E-state index contributed by atoms with van der Waals surface area (Å²) in [7, 11) is 0. The maximum absolute atomic E-state index is 13.1. The van der Waals surface area contributed by atoms with Gasteiger partial charge in [-0.3, -0.25) is 9.59 Å². The molecule has 138 valence electrons. The Hall–Kier alpha value is -2.87. The average Bonchev–Trinajstić information content (AvgIpc) is 3.44. The maximum Gasteiger partial charge on any atom is 0.289 e. The van der Waals surface area contributed by atoms with Gasteiger partial charge < -0.3 is 18.8 Å². The third-order valence-corrected chi connectivity index (χ3v) is 6.12. The van der Waals surface area contributed by atoms with E-state index in [1.165, 1.54) is 6.26 Å². The molecule has 1 saturated heterocycles. The Labute approximate surface area is 159 Å². The molecule has 0 unspecified atom stereocenters. The van der Waals surface area contributed by atoms with Gasteiger partial charge in [-0.15, -0.1) is 11.3 Å². The lowest BCUT2D eigenvalue weighted by atomic mass is 10.1. The molecule has 8 heteroatoms. The van der Waals surface area contributed by atoms with E-state index in [9.17, 15) is 9.59 Å². The highest BCUT2D eigenvalue weighted by Crippen LogP contribution is 2.35. The highest BCUT2D eigenvalue weighted by molar-refractivity contribution is 7.09. The van der Waals surface area contributed by atoms with Gasteiger partial charge in [0.2, 0.25) is 0 Å². The van der Waals surface area contributed by atoms with Gasteiger partial charge in [-0.1, -0.05) is 0 Å². The monoisotopic (exact) mass is 382 g/mol. The summed E-state index contributed by atoms with van der Waals surface area (Å²) < 4.78 is 7.28. The minimum Gasteiger partial charge on any atom is -0.459 e. The number of rotatable bonds is 3. The first-order valence-electron chi connectivity index (χ1n) is 8.83. The van der Waals surface area contributed by atoms with Crippen molar-refractivity contribution in [1.82, 2.24) is 19.4 Å². The molecule has 3 aromatic rings. The van der Waals surface area contributed by atoms with Crippen LogP contribution < -0.4 is 0 Å². The zero-order valence-corrected chi connectivity index (χ0v) is 15.6. The van der Waals surface area contributed by atoms with Crippen LogP contribution in [0.4, 0.5) is 0 Å². The van der Waals surface area contributed by atoms with Crippen LogP contribution in [-0.2, 0) is 6.54 Å². The van der Waals surface area contributed by atoms with E-state index >= 15 is 0 Å². The third-order valence-electron chi connectivity index (χ3n) is 5.29. The molecule has 0 saturated carbocycles. The Morgan fingerprint density at radius 1 is 1.30 bits per heavy atom. The lowest BCUT2D eigenvalue weighted by molar-refractivity contribution is 0.0546. The van der Waals surface area contributed by atoms with Gasteiger partial charge in [0.25, 0.3) is 11.8 Å². The number of likely N-dealkylation sites (tertiary alicyclic amines) is 1. The van der Waals surface area contributed by atoms with Crippen molar-refractivity contribution in [2.45, 2.75) is 25.6 Å². The molecule has 0 bridgehead atoms. The molecular weight excluding hydrogens is 364 g/mol. The largest absolute Gasteiger partial charge is 0.459 e. The number of furan rings is 1. The standard InChI is InChI=1S/C19H18N4O3S/c1-12-20-13(11-27-12)8-23-16-10-21(19(25)17-5-3-7-26-17)9-15(16)22-6-2-4-14(22)18(23)24/h2-7,11,15-16H,8-10H2,1H3/t15-,16+/m0/s1. The van der Waals surface area contributed by atoms with Crippen molar-refractivity contribution in [2.24, 2.45) is 0 Å². The fraction of sp³-hybridized carbons (Fsp3) is 0.316. The molecular formula is C19H18N4O3S. The van der Waals surface area contributed by atoms with Crippen molar-refractivity contribution in [3.05, 3.63) is 64.3 Å². The number of carbonyl (C=O) groups is 2. The Bertz CT molecular complexity index is 1010. The van der Waals surface area contributed by atoms with Gasteiger partial charge in [0.05, 0.1) is 35.6 Å². The summed E-state index contributed by atoms with van der Waals surface area (Å²) in [6.07, 6.45) is 3.43. The van der Waals surface area contributed by atoms with Crippen molar-refractivity contribution >= 4 is 23.2 Å². The minimum atomic E-state index is -0.139. The second-order valence-electron chi connectivity index (χ2n) is 6.91. The first-order chi connectivity index (χ1) is 13.1. The van der Waals surface area contributed by atoms with E-state index in [2.05, 4.69) is 4.98 Å². The van der Waals surface area contributed by atoms with Gasteiger partial charge in [-0.25, -0.2) is 4.98 Å². The van der Waals surface area contributed by atoms with Crippen molar-refractivity contribution in [1.29, 1.82) is 0 Å². The van der Waals surface area contributed by atoms with Crippen LogP contribution in [0, 0.1) is 6.92 Å². The normalized spacial score (nSPS) is 21.4. The summed E-state index contributed by atoms with van der Waals surface area (Å²) in [5.41, 5.74) is 1.55. The molecule has 0 aromatic carbocycles. The molecule has 5 rings (SSSR count). The number of amides is 2. The van der Waals surface area contributed by atoms with Crippen LogP contribution in [0.3, 0.4) is 0 Å². The fourth-order valence-electron chi connectivity index (χ4n) is 4.08. The van der Waals surface area contributed by atoms with Gasteiger partial charge >= 0.3 is 0 Å². The molecule has 7 nitrogen and oxygen atoms in total. The smallest absolute Gasteiger partial charge is 0.289 e. The zero-order valence-electron chi connectivity index (χ0n) is 14.7. The Balaban J connectivity index is 1.48. The summed E-state index contributed by atoms with van der Waals surface area (Å²) >= 11 is 1.58. The summed E-state index contributed by atoms with van der Waals surface area (Å²) in [5.74, 6) is 0.175. The van der Waals surface area contributed by atoms with Crippen LogP contribution in [0.5, 0.6) is 0 Å². The Morgan fingerprint density at radius 3 is 2.89 bits per heavy atom. The second kappa shape index (κ2) is 6.09. The summed E-state index contributed by atoms with van der Waals surface area (Å²) in [6.45, 7) is 3.44. The molecule has 2 amide bonds. The lowest BCUT2D eigenvalue weighted by Crippen LogP contribution is -2.49. The molecule has 1 fully saturated rings. The molecule has 0 spiro atoms. The zero-order chi connectivity index (χ0) is 18.5. The number of hydrogen-bond donors (Lipinski definition) is 0. The summed E-state index contributed by atoms with van der Waals surface area (Å²) in [4.78, 5) is 34.0. The molecule has 27 heavy (non-hydrogen) atoms. The third kappa shape index (κ3) is 2.59. The topological polar surface area (TPSA) is 71.6 Å². The fourth-order valence-corrected chi connectivity index (χ4v) is 4.68. The van der Waals surface area contributed by atoms with E-state index in [1.54, 1.807) is 28.4 Å². The molecule has 0 radical (unpaired) electrons. The van der Waals surface area contributed by atoms with Gasteiger partial charge in [-0.05, 0) is 31.2 Å². The molecule has 3 aromatic heterocycles. The number of nitrogens with zero attached hydrogens (tertiary/aromatic N) is 4. The van der Waals surface area contributed by atoms with Crippen molar-refractivity contribution in [3.8, 4) is 0 Å². The molecule has 5 heterocycles. The van der Waals surface area contributed by atoms with Crippen molar-refractivity contribution in [3.63, 3.8) is 0 Å². The maximum atomic E-state index is 13.1. The van der Waals surface area contributed by atoms with Gasteiger partial charge in [0.1, 0.15) is 5.69 Å². The first-order valence-corrected chi connectivity index (χ1v) is 9.71. The van der Waals surface area contributed by atoms with Crippen LogP contribution in [-0.4, -0.2) is 50.3 Å². The summed E-state index contributed by atoms with van der Waals surface area (Å²) in [5, 5.41) is 2.97. The van der Waals surface area contributed by atoms with E-state index in [0.717, 1.165) is 10.7 Å². The van der Waals surface area contributed by atoms with Crippen LogP contribution in [0.1, 0.15) is 37.8 Å². The lowest BCUT2D eigenvalue weighted by Gasteiger charge is -2.37. The number of aryl methyl sites for hydroxylation is 1. The van der Waals surface area contributed by atoms with Crippen LogP contribution in [0.15, 0.2) is 46.5 Å². The first kappa shape index (κ1) is 16.3. The molecule has 2 aliphatic heterocycles. The van der Waals surface area contributed by atoms with Gasteiger partial charge in [0, 0.05) is 24.7 Å². The van der Waals surface area contributed by atoms with Crippen molar-refractivity contribution < 1.29 is 14.0 Å².